The molecule has 0 radical (unpaired) electrons. The van der Waals surface area contributed by atoms with Gasteiger partial charge in [-0.3, -0.25) is 9.59 Å². The van der Waals surface area contributed by atoms with Crippen LogP contribution in [0.15, 0.2) is 0 Å². The number of carbonyl (C=O) groups is 2. The van der Waals surface area contributed by atoms with Gasteiger partial charge in [-0.25, -0.2) is 0 Å². The lowest BCUT2D eigenvalue weighted by Gasteiger charge is -2.30. The van der Waals surface area contributed by atoms with Crippen molar-refractivity contribution in [3.8, 4) is 0 Å². The summed E-state index contributed by atoms with van der Waals surface area (Å²) in [6.45, 7) is 0.776. The van der Waals surface area contributed by atoms with E-state index in [0.717, 1.165) is 19.4 Å². The van der Waals surface area contributed by atoms with E-state index in [4.69, 9.17) is 0 Å². The molecule has 0 aromatic carbocycles. The first kappa shape index (κ1) is 12.2. The van der Waals surface area contributed by atoms with Crippen LogP contribution in [-0.4, -0.2) is 43.3 Å². The van der Waals surface area contributed by atoms with E-state index < -0.39 is 0 Å². The van der Waals surface area contributed by atoms with Gasteiger partial charge in [-0.2, -0.15) is 0 Å². The summed E-state index contributed by atoms with van der Waals surface area (Å²) in [5.41, 5.74) is 0. The Morgan fingerprint density at radius 1 is 1.47 bits per heavy atom. The molecular weight excluding hydrogens is 192 g/mol. The van der Waals surface area contributed by atoms with E-state index in [9.17, 15) is 9.59 Å². The maximum atomic E-state index is 11.1. The minimum Gasteiger partial charge on any atom is -0.359 e. The maximum absolute atomic E-state index is 11.1. The summed E-state index contributed by atoms with van der Waals surface area (Å²) in [7, 11) is 3.69. The monoisotopic (exact) mass is 212 g/mol. The van der Waals surface area contributed by atoms with Crippen molar-refractivity contribution in [1.82, 2.24) is 10.2 Å². The molecule has 0 atom stereocenters. The van der Waals surface area contributed by atoms with E-state index in [2.05, 4.69) is 10.2 Å². The molecular formula is C11H20N2O2. The highest BCUT2D eigenvalue weighted by molar-refractivity contribution is 5.79. The fraction of sp³-hybridized carbons (Fsp3) is 0.818. The molecule has 0 unspecified atom stereocenters. The van der Waals surface area contributed by atoms with E-state index in [1.807, 2.05) is 7.05 Å². The van der Waals surface area contributed by atoms with Gasteiger partial charge in [0.15, 0.2) is 0 Å². The van der Waals surface area contributed by atoms with Gasteiger partial charge in [0.1, 0.15) is 5.78 Å². The van der Waals surface area contributed by atoms with Gasteiger partial charge < -0.3 is 10.2 Å². The largest absolute Gasteiger partial charge is 0.359 e. The number of hydrogen-bond acceptors (Lipinski definition) is 3. The lowest BCUT2D eigenvalue weighted by atomic mass is 9.93. The van der Waals surface area contributed by atoms with Gasteiger partial charge >= 0.3 is 0 Å². The number of rotatable bonds is 4. The smallest absolute Gasteiger partial charge is 0.221 e. The van der Waals surface area contributed by atoms with Crippen LogP contribution in [0.3, 0.4) is 0 Å². The van der Waals surface area contributed by atoms with Crippen LogP contribution >= 0.6 is 0 Å². The van der Waals surface area contributed by atoms with Crippen LogP contribution in [0.2, 0.25) is 0 Å². The summed E-state index contributed by atoms with van der Waals surface area (Å²) in [5.74, 6) is 0.458. The molecule has 0 aromatic heterocycles. The predicted molar refractivity (Wildman–Crippen MR) is 58.6 cm³/mol. The van der Waals surface area contributed by atoms with E-state index in [0.29, 0.717) is 31.1 Å². The Hall–Kier alpha value is -0.900. The standard InChI is InChI=1S/C11H20N2O2/c1-12-11(15)7-8-13(2)9-3-5-10(14)6-4-9/h9H,3-8H2,1-2H3,(H,12,15). The van der Waals surface area contributed by atoms with Gasteiger partial charge in [-0.1, -0.05) is 0 Å². The number of hydrogen-bond donors (Lipinski definition) is 1. The van der Waals surface area contributed by atoms with E-state index in [1.165, 1.54) is 0 Å². The van der Waals surface area contributed by atoms with Crippen LogP contribution in [0.5, 0.6) is 0 Å². The first-order chi connectivity index (χ1) is 7.13. The maximum Gasteiger partial charge on any atom is 0.221 e. The zero-order valence-corrected chi connectivity index (χ0v) is 9.58. The molecule has 4 nitrogen and oxygen atoms in total. The molecule has 0 saturated heterocycles. The number of amides is 1. The Morgan fingerprint density at radius 3 is 2.60 bits per heavy atom. The van der Waals surface area contributed by atoms with Crippen molar-refractivity contribution in [2.24, 2.45) is 0 Å². The average molecular weight is 212 g/mol. The molecule has 1 amide bonds. The highest BCUT2D eigenvalue weighted by atomic mass is 16.1. The molecule has 4 heteroatoms. The second-order valence-corrected chi connectivity index (χ2v) is 4.17. The Morgan fingerprint density at radius 2 is 2.07 bits per heavy atom. The molecule has 86 valence electrons. The van der Waals surface area contributed by atoms with Crippen LogP contribution in [0.4, 0.5) is 0 Å². The molecule has 1 N–H and O–H groups in total. The highest BCUT2D eigenvalue weighted by Crippen LogP contribution is 2.19. The summed E-state index contributed by atoms with van der Waals surface area (Å²) in [4.78, 5) is 24.3. The average Bonchev–Trinajstić information content (AvgIpc) is 2.26. The normalized spacial score (nSPS) is 18.2. The molecule has 1 fully saturated rings. The van der Waals surface area contributed by atoms with E-state index in [-0.39, 0.29) is 5.91 Å². The number of carbonyl (C=O) groups excluding carboxylic acids is 2. The number of ketones is 1. The number of nitrogens with zero attached hydrogens (tertiary/aromatic N) is 1. The minimum absolute atomic E-state index is 0.0775. The molecule has 1 aliphatic carbocycles. The fourth-order valence-electron chi connectivity index (χ4n) is 1.95. The summed E-state index contributed by atoms with van der Waals surface area (Å²) in [5, 5.41) is 2.61. The van der Waals surface area contributed by atoms with Crippen molar-refractivity contribution in [3.05, 3.63) is 0 Å². The third kappa shape index (κ3) is 4.00. The van der Waals surface area contributed by atoms with E-state index >= 15 is 0 Å². The fourth-order valence-corrected chi connectivity index (χ4v) is 1.95. The second kappa shape index (κ2) is 5.85. The van der Waals surface area contributed by atoms with Gasteiger partial charge in [0, 0.05) is 38.9 Å². The van der Waals surface area contributed by atoms with E-state index in [1.54, 1.807) is 7.05 Å². The predicted octanol–water partition coefficient (Wildman–Crippen LogP) is 0.566. The van der Waals surface area contributed by atoms with Crippen LogP contribution in [-0.2, 0) is 9.59 Å². The summed E-state index contributed by atoms with van der Waals surface area (Å²) in [6.07, 6.45) is 3.84. The van der Waals surface area contributed by atoms with Gasteiger partial charge in [-0.15, -0.1) is 0 Å². The SMILES string of the molecule is CNC(=O)CCN(C)C1CCC(=O)CC1. The Labute approximate surface area is 91.0 Å². The molecule has 0 aromatic rings. The quantitative estimate of drug-likeness (QED) is 0.741. The molecule has 0 aliphatic heterocycles. The van der Waals surface area contributed by atoms with Crippen LogP contribution in [0, 0.1) is 0 Å². The van der Waals surface area contributed by atoms with Gasteiger partial charge in [0.25, 0.3) is 0 Å². The van der Waals surface area contributed by atoms with Gasteiger partial charge in [0.05, 0.1) is 0 Å². The summed E-state index contributed by atoms with van der Waals surface area (Å²) < 4.78 is 0. The topological polar surface area (TPSA) is 49.4 Å². The van der Waals surface area contributed by atoms with Crippen molar-refractivity contribution in [2.45, 2.75) is 38.1 Å². The summed E-state index contributed by atoms with van der Waals surface area (Å²) in [6, 6.07) is 0.479. The lowest BCUT2D eigenvalue weighted by molar-refractivity contribution is -0.122. The molecule has 0 bridgehead atoms. The zero-order chi connectivity index (χ0) is 11.3. The van der Waals surface area contributed by atoms with Crippen molar-refractivity contribution in [3.63, 3.8) is 0 Å². The molecule has 15 heavy (non-hydrogen) atoms. The molecule has 0 heterocycles. The molecule has 1 saturated carbocycles. The highest BCUT2D eigenvalue weighted by Gasteiger charge is 2.21. The zero-order valence-electron chi connectivity index (χ0n) is 9.58. The first-order valence-electron chi connectivity index (χ1n) is 5.56. The van der Waals surface area contributed by atoms with Gasteiger partial charge in [0.2, 0.25) is 5.91 Å². The van der Waals surface area contributed by atoms with Crippen molar-refractivity contribution < 1.29 is 9.59 Å². The number of nitrogens with one attached hydrogen (secondary N) is 1. The third-order valence-electron chi connectivity index (χ3n) is 3.11. The summed E-state index contributed by atoms with van der Waals surface area (Å²) >= 11 is 0. The second-order valence-electron chi connectivity index (χ2n) is 4.17. The number of Topliss-reactive ketones (excluding diaryl/α,β-unsaturated/α-hetero) is 1. The molecule has 0 spiro atoms. The third-order valence-corrected chi connectivity index (χ3v) is 3.11. The van der Waals surface area contributed by atoms with Crippen molar-refractivity contribution in [1.29, 1.82) is 0 Å². The Bertz CT molecular complexity index is 231. The van der Waals surface area contributed by atoms with Gasteiger partial charge in [-0.05, 0) is 19.9 Å². The van der Waals surface area contributed by atoms with Crippen molar-refractivity contribution >= 4 is 11.7 Å². The van der Waals surface area contributed by atoms with Crippen LogP contribution in [0.1, 0.15) is 32.1 Å². The van der Waals surface area contributed by atoms with Crippen LogP contribution < -0.4 is 5.32 Å². The first-order valence-corrected chi connectivity index (χ1v) is 5.56. The minimum atomic E-state index is 0.0775. The molecule has 1 rings (SSSR count). The Kier molecular flexibility index (Phi) is 4.75. The Balaban J connectivity index is 2.24. The molecule has 1 aliphatic rings. The lowest BCUT2D eigenvalue weighted by Crippen LogP contribution is -2.37. The van der Waals surface area contributed by atoms with Crippen LogP contribution in [0.25, 0.3) is 0 Å². The van der Waals surface area contributed by atoms with Crippen molar-refractivity contribution in [2.75, 3.05) is 20.6 Å².